The summed E-state index contributed by atoms with van der Waals surface area (Å²) in [7, 11) is 0. The zero-order valence-corrected chi connectivity index (χ0v) is 18.1. The van der Waals surface area contributed by atoms with Gasteiger partial charge in [0.05, 0.1) is 6.61 Å². The van der Waals surface area contributed by atoms with Gasteiger partial charge in [-0.15, -0.1) is 0 Å². The monoisotopic (exact) mass is 452 g/mol. The number of halogens is 3. The molecule has 6 heteroatoms. The molecule has 0 saturated carbocycles. The van der Waals surface area contributed by atoms with Crippen LogP contribution in [0.3, 0.4) is 0 Å². The predicted molar refractivity (Wildman–Crippen MR) is 123 cm³/mol. The first kappa shape index (κ1) is 23.7. The van der Waals surface area contributed by atoms with Gasteiger partial charge in [-0.05, 0) is 42.3 Å². The molecule has 0 heterocycles. The number of allylic oxidation sites excluding steroid dienone is 1. The van der Waals surface area contributed by atoms with Gasteiger partial charge in [0.15, 0.2) is 11.6 Å². The summed E-state index contributed by atoms with van der Waals surface area (Å²) in [6.07, 6.45) is 1.14. The molecule has 0 amide bonds. The summed E-state index contributed by atoms with van der Waals surface area (Å²) in [5, 5.41) is 9.38. The molecule has 0 aliphatic rings. The summed E-state index contributed by atoms with van der Waals surface area (Å²) in [6, 6.07) is 15.1. The minimum Gasteiger partial charge on any atom is -0.508 e. The third kappa shape index (κ3) is 5.86. The summed E-state index contributed by atoms with van der Waals surface area (Å²) >= 11 is 0. The number of hydrogen-bond acceptors (Lipinski definition) is 3. The minimum absolute atomic E-state index is 0.0388. The molecule has 0 saturated heterocycles. The van der Waals surface area contributed by atoms with Crippen molar-refractivity contribution in [3.05, 3.63) is 109 Å². The molecule has 0 aromatic heterocycles. The molecule has 0 spiro atoms. The first-order chi connectivity index (χ1) is 15.8. The lowest BCUT2D eigenvalue weighted by atomic mass is 9.98. The first-order valence-electron chi connectivity index (χ1n) is 10.2. The van der Waals surface area contributed by atoms with E-state index in [0.717, 1.165) is 6.08 Å². The third-order valence-electron chi connectivity index (χ3n) is 4.79. The topological polar surface area (TPSA) is 38.7 Å². The van der Waals surface area contributed by atoms with Crippen molar-refractivity contribution in [2.75, 3.05) is 13.2 Å². The summed E-state index contributed by atoms with van der Waals surface area (Å²) < 4.78 is 54.2. The van der Waals surface area contributed by atoms with Crippen molar-refractivity contribution in [1.29, 1.82) is 0 Å². The fourth-order valence-electron chi connectivity index (χ4n) is 3.08. The highest BCUT2D eigenvalue weighted by Crippen LogP contribution is 2.32. The molecule has 3 aromatic carbocycles. The zero-order valence-electron chi connectivity index (χ0n) is 18.1. The number of phenols is 1. The maximum absolute atomic E-state index is 14.8. The molecule has 0 bridgehead atoms. The van der Waals surface area contributed by atoms with Crippen LogP contribution in [0, 0.1) is 11.6 Å². The molecular formula is C27H23F3O3. The fourth-order valence-corrected chi connectivity index (χ4v) is 3.08. The molecule has 0 atom stereocenters. The maximum atomic E-state index is 14.8. The van der Waals surface area contributed by atoms with Crippen molar-refractivity contribution < 1.29 is 27.8 Å². The Hall–Kier alpha value is -3.93. The number of ether oxygens (including phenoxy) is 2. The summed E-state index contributed by atoms with van der Waals surface area (Å²) in [4.78, 5) is 0. The van der Waals surface area contributed by atoms with Gasteiger partial charge >= 0.3 is 0 Å². The highest BCUT2D eigenvalue weighted by atomic mass is 19.2. The van der Waals surface area contributed by atoms with E-state index in [1.165, 1.54) is 36.4 Å². The molecule has 0 unspecified atom stereocenters. The van der Waals surface area contributed by atoms with Crippen LogP contribution in [0.15, 0.2) is 97.1 Å². The second-order valence-corrected chi connectivity index (χ2v) is 7.14. The van der Waals surface area contributed by atoms with Crippen LogP contribution in [-0.4, -0.2) is 18.3 Å². The molecule has 170 valence electrons. The Labute approximate surface area is 190 Å². The van der Waals surface area contributed by atoms with Crippen molar-refractivity contribution >= 4 is 0 Å². The van der Waals surface area contributed by atoms with Crippen molar-refractivity contribution in [2.24, 2.45) is 0 Å². The summed E-state index contributed by atoms with van der Waals surface area (Å²) in [5.74, 6) is -1.92. The van der Waals surface area contributed by atoms with Gasteiger partial charge in [-0.1, -0.05) is 49.6 Å². The van der Waals surface area contributed by atoms with E-state index in [9.17, 15) is 18.3 Å². The molecule has 0 radical (unpaired) electrons. The molecule has 0 aliphatic heterocycles. The largest absolute Gasteiger partial charge is 0.508 e. The number of rotatable bonds is 9. The van der Waals surface area contributed by atoms with Gasteiger partial charge in [0.25, 0.3) is 0 Å². The van der Waals surface area contributed by atoms with E-state index in [1.54, 1.807) is 31.2 Å². The molecule has 3 nitrogen and oxygen atoms in total. The average Bonchev–Trinajstić information content (AvgIpc) is 2.80. The highest BCUT2D eigenvalue weighted by Gasteiger charge is 2.16. The molecule has 1 N–H and O–H groups in total. The highest BCUT2D eigenvalue weighted by molar-refractivity contribution is 5.72. The number of benzene rings is 3. The van der Waals surface area contributed by atoms with E-state index in [2.05, 4.69) is 13.2 Å². The summed E-state index contributed by atoms with van der Waals surface area (Å²) in [6.45, 7) is 9.25. The lowest BCUT2D eigenvalue weighted by molar-refractivity contribution is 0.243. The van der Waals surface area contributed by atoms with Crippen molar-refractivity contribution in [1.82, 2.24) is 0 Å². The van der Waals surface area contributed by atoms with E-state index in [1.807, 2.05) is 0 Å². The fraction of sp³-hybridized carbons (Fsp3) is 0.111. The van der Waals surface area contributed by atoms with Crippen molar-refractivity contribution in [2.45, 2.75) is 6.92 Å². The Morgan fingerprint density at radius 1 is 0.879 bits per heavy atom. The Morgan fingerprint density at radius 3 is 1.91 bits per heavy atom. The van der Waals surface area contributed by atoms with Crippen LogP contribution in [0.4, 0.5) is 13.2 Å². The van der Waals surface area contributed by atoms with Gasteiger partial charge in [0.2, 0.25) is 0 Å². The molecule has 0 fully saturated rings. The minimum atomic E-state index is -0.982. The summed E-state index contributed by atoms with van der Waals surface area (Å²) in [5.41, 5.74) is 1.20. The van der Waals surface area contributed by atoms with E-state index >= 15 is 0 Å². The van der Waals surface area contributed by atoms with Gasteiger partial charge in [-0.3, -0.25) is 0 Å². The van der Waals surface area contributed by atoms with Gasteiger partial charge in [0, 0.05) is 22.8 Å². The van der Waals surface area contributed by atoms with E-state index in [-0.39, 0.29) is 34.8 Å². The predicted octanol–water partition coefficient (Wildman–Crippen LogP) is 7.34. The van der Waals surface area contributed by atoms with Crippen LogP contribution < -0.4 is 4.74 Å². The number of hydrogen-bond donors (Lipinski definition) is 1. The van der Waals surface area contributed by atoms with Crippen LogP contribution in [0.5, 0.6) is 11.5 Å². The first-order valence-corrected chi connectivity index (χ1v) is 10.2. The van der Waals surface area contributed by atoms with Crippen molar-refractivity contribution in [3.63, 3.8) is 0 Å². The molecule has 33 heavy (non-hydrogen) atoms. The molecule has 3 rings (SSSR count). The SMILES string of the molecule is C=C(/C=C(/F)C(=C)COc1ccc(-c2ccc(-c3ccc(O)cc3)c(F)c2F)cc1)OCC. The van der Waals surface area contributed by atoms with Crippen LogP contribution in [0.25, 0.3) is 22.3 Å². The smallest absolute Gasteiger partial charge is 0.167 e. The van der Waals surface area contributed by atoms with E-state index in [4.69, 9.17) is 9.47 Å². The van der Waals surface area contributed by atoms with Crippen LogP contribution in [0.1, 0.15) is 6.92 Å². The average molecular weight is 452 g/mol. The van der Waals surface area contributed by atoms with Gasteiger partial charge < -0.3 is 14.6 Å². The second-order valence-electron chi connectivity index (χ2n) is 7.14. The maximum Gasteiger partial charge on any atom is 0.167 e. The molecular weight excluding hydrogens is 429 g/mol. The third-order valence-corrected chi connectivity index (χ3v) is 4.79. The molecule has 0 aliphatic carbocycles. The second kappa shape index (κ2) is 10.6. The normalized spacial score (nSPS) is 11.2. The number of aromatic hydroxyl groups is 1. The molecule has 3 aromatic rings. The van der Waals surface area contributed by atoms with Crippen LogP contribution in [-0.2, 0) is 4.74 Å². The zero-order chi connectivity index (χ0) is 24.0. The van der Waals surface area contributed by atoms with E-state index < -0.39 is 17.5 Å². The van der Waals surface area contributed by atoms with E-state index in [0.29, 0.717) is 23.5 Å². The van der Waals surface area contributed by atoms with Crippen LogP contribution >= 0.6 is 0 Å². The Kier molecular flexibility index (Phi) is 7.61. The number of phenolic OH excluding ortho intramolecular Hbond substituents is 1. The lowest BCUT2D eigenvalue weighted by Gasteiger charge is -2.11. The quantitative estimate of drug-likeness (QED) is 0.273. The van der Waals surface area contributed by atoms with Crippen LogP contribution in [0.2, 0.25) is 0 Å². The van der Waals surface area contributed by atoms with Gasteiger partial charge in [0.1, 0.15) is 29.7 Å². The van der Waals surface area contributed by atoms with Gasteiger partial charge in [-0.2, -0.15) is 0 Å². The Morgan fingerprint density at radius 2 is 1.39 bits per heavy atom. The van der Waals surface area contributed by atoms with Gasteiger partial charge in [-0.25, -0.2) is 13.2 Å². The Bertz CT molecular complexity index is 1180. The standard InChI is InChI=1S/C27H23F3O3/c1-4-32-18(3)15-25(28)17(2)16-33-22-11-7-20(8-12-22)24-14-13-23(26(29)27(24)30)19-5-9-21(31)10-6-19/h5-15,31H,2-4,16H2,1H3/b25-15+. The Balaban J connectivity index is 1.71. The lowest BCUT2D eigenvalue weighted by Crippen LogP contribution is -2.01. The van der Waals surface area contributed by atoms with Crippen molar-refractivity contribution in [3.8, 4) is 33.8 Å².